The van der Waals surface area contributed by atoms with Crippen LogP contribution in [0.1, 0.15) is 58.6 Å². The lowest BCUT2D eigenvalue weighted by molar-refractivity contribution is -0.140. The second-order valence-corrected chi connectivity index (χ2v) is 12.8. The van der Waals surface area contributed by atoms with Crippen molar-refractivity contribution < 1.29 is 18.0 Å². The summed E-state index contributed by atoms with van der Waals surface area (Å²) in [6, 6.07) is 11.2. The Balaban J connectivity index is 2.46. The van der Waals surface area contributed by atoms with Gasteiger partial charge in [0.05, 0.1) is 11.9 Å². The summed E-state index contributed by atoms with van der Waals surface area (Å²) in [5.74, 6) is -0.821. The molecule has 0 aromatic heterocycles. The van der Waals surface area contributed by atoms with Crippen molar-refractivity contribution in [3.05, 3.63) is 63.6 Å². The van der Waals surface area contributed by atoms with E-state index in [1.54, 1.807) is 37.3 Å². The Labute approximate surface area is 231 Å². The van der Waals surface area contributed by atoms with Crippen LogP contribution in [0.5, 0.6) is 0 Å². The standard InChI is InChI=1S/C27H37Cl2N3O4S/c1-7-15-30-26(34)24(8-2)31(17-19-9-12-21(28)16-23(19)29)25(33)18-32(37(6,35)36)22-13-10-20(11-14-22)27(3,4)5/h9-14,16,24H,7-8,15,17-18H2,1-6H3,(H,30,34)/t24-/m1/s1. The quantitative estimate of drug-likeness (QED) is 0.393. The second kappa shape index (κ2) is 13.0. The summed E-state index contributed by atoms with van der Waals surface area (Å²) in [6.07, 6.45) is 2.14. The fraction of sp³-hybridized carbons (Fsp3) is 0.481. The monoisotopic (exact) mass is 569 g/mol. The molecule has 0 radical (unpaired) electrons. The third-order valence-electron chi connectivity index (χ3n) is 5.99. The first-order valence-corrected chi connectivity index (χ1v) is 14.9. The van der Waals surface area contributed by atoms with E-state index in [-0.39, 0.29) is 17.9 Å². The lowest BCUT2D eigenvalue weighted by Gasteiger charge is -2.33. The van der Waals surface area contributed by atoms with E-state index in [4.69, 9.17) is 23.2 Å². The summed E-state index contributed by atoms with van der Waals surface area (Å²) in [7, 11) is -3.81. The molecule has 2 aromatic carbocycles. The highest BCUT2D eigenvalue weighted by Gasteiger charge is 2.32. The first-order valence-electron chi connectivity index (χ1n) is 12.3. The molecule has 2 rings (SSSR count). The number of hydrogen-bond donors (Lipinski definition) is 1. The van der Waals surface area contributed by atoms with Crippen LogP contribution >= 0.6 is 23.2 Å². The number of carbonyl (C=O) groups excluding carboxylic acids is 2. The number of sulfonamides is 1. The molecule has 0 heterocycles. The molecular weight excluding hydrogens is 533 g/mol. The molecule has 0 fully saturated rings. The lowest BCUT2D eigenvalue weighted by Crippen LogP contribution is -2.52. The van der Waals surface area contributed by atoms with Crippen molar-refractivity contribution in [2.24, 2.45) is 0 Å². The van der Waals surface area contributed by atoms with E-state index in [0.717, 1.165) is 22.5 Å². The molecule has 2 amide bonds. The van der Waals surface area contributed by atoms with Gasteiger partial charge in [-0.3, -0.25) is 13.9 Å². The molecule has 10 heteroatoms. The SMILES string of the molecule is CCCNC(=O)[C@@H](CC)N(Cc1ccc(Cl)cc1Cl)C(=O)CN(c1ccc(C(C)(C)C)cc1)S(C)(=O)=O. The number of amides is 2. The molecule has 0 saturated heterocycles. The summed E-state index contributed by atoms with van der Waals surface area (Å²) >= 11 is 12.4. The van der Waals surface area contributed by atoms with Crippen LogP contribution in [0.4, 0.5) is 5.69 Å². The zero-order chi connectivity index (χ0) is 28.0. The first-order chi connectivity index (χ1) is 17.2. The Kier molecular flexibility index (Phi) is 10.9. The summed E-state index contributed by atoms with van der Waals surface area (Å²) < 4.78 is 26.6. The maximum Gasteiger partial charge on any atom is 0.244 e. The Morgan fingerprint density at radius 2 is 1.65 bits per heavy atom. The van der Waals surface area contributed by atoms with Gasteiger partial charge in [0.2, 0.25) is 21.8 Å². The molecule has 7 nitrogen and oxygen atoms in total. The molecular formula is C27H37Cl2N3O4S. The second-order valence-electron chi connectivity index (χ2n) is 10.0. The van der Waals surface area contributed by atoms with E-state index in [0.29, 0.717) is 34.3 Å². The van der Waals surface area contributed by atoms with Gasteiger partial charge < -0.3 is 10.2 Å². The van der Waals surface area contributed by atoms with Crippen LogP contribution in [-0.4, -0.2) is 50.5 Å². The van der Waals surface area contributed by atoms with Crippen molar-refractivity contribution in [1.82, 2.24) is 10.2 Å². The van der Waals surface area contributed by atoms with Gasteiger partial charge in [0.1, 0.15) is 12.6 Å². The van der Waals surface area contributed by atoms with E-state index in [1.165, 1.54) is 4.90 Å². The summed E-state index contributed by atoms with van der Waals surface area (Å²) in [5.41, 5.74) is 1.89. The highest BCUT2D eigenvalue weighted by molar-refractivity contribution is 7.92. The average molecular weight is 571 g/mol. The number of benzene rings is 2. The molecule has 0 aliphatic carbocycles. The summed E-state index contributed by atoms with van der Waals surface area (Å²) in [6.45, 7) is 9.96. The van der Waals surface area contributed by atoms with Crippen molar-refractivity contribution >= 4 is 50.7 Å². The molecule has 0 saturated carbocycles. The first kappa shape index (κ1) is 30.9. The zero-order valence-electron chi connectivity index (χ0n) is 22.3. The van der Waals surface area contributed by atoms with Crippen molar-refractivity contribution in [3.63, 3.8) is 0 Å². The van der Waals surface area contributed by atoms with Gasteiger partial charge in [-0.15, -0.1) is 0 Å². The predicted molar refractivity (Wildman–Crippen MR) is 152 cm³/mol. The number of nitrogens with zero attached hydrogens (tertiary/aromatic N) is 2. The molecule has 37 heavy (non-hydrogen) atoms. The largest absolute Gasteiger partial charge is 0.354 e. The van der Waals surface area contributed by atoms with Gasteiger partial charge in [0.25, 0.3) is 0 Å². The van der Waals surface area contributed by atoms with E-state index >= 15 is 0 Å². The molecule has 1 atom stereocenters. The van der Waals surface area contributed by atoms with Gasteiger partial charge in [0, 0.05) is 23.1 Å². The highest BCUT2D eigenvalue weighted by atomic mass is 35.5. The Bertz CT molecular complexity index is 1200. The predicted octanol–water partition coefficient (Wildman–Crippen LogP) is 5.39. The molecule has 204 valence electrons. The van der Waals surface area contributed by atoms with Crippen LogP contribution < -0.4 is 9.62 Å². The number of halogens is 2. The van der Waals surface area contributed by atoms with Crippen LogP contribution in [0.2, 0.25) is 10.0 Å². The summed E-state index contributed by atoms with van der Waals surface area (Å²) in [5, 5.41) is 3.64. The van der Waals surface area contributed by atoms with Crippen LogP contribution in [0, 0.1) is 0 Å². The Hall–Kier alpha value is -2.29. The number of carbonyl (C=O) groups is 2. The number of rotatable bonds is 11. The molecule has 2 aromatic rings. The molecule has 0 spiro atoms. The molecule has 0 aliphatic rings. The normalized spacial score (nSPS) is 12.6. The van der Waals surface area contributed by atoms with Gasteiger partial charge in [0.15, 0.2) is 0 Å². The Morgan fingerprint density at radius 3 is 2.14 bits per heavy atom. The maximum atomic E-state index is 13.7. The van der Waals surface area contributed by atoms with Crippen LogP contribution in [-0.2, 0) is 31.6 Å². The third-order valence-corrected chi connectivity index (χ3v) is 7.72. The molecule has 0 unspecified atom stereocenters. The van der Waals surface area contributed by atoms with Gasteiger partial charge in [-0.05, 0) is 53.6 Å². The number of hydrogen-bond acceptors (Lipinski definition) is 4. The number of nitrogens with one attached hydrogen (secondary N) is 1. The summed E-state index contributed by atoms with van der Waals surface area (Å²) in [4.78, 5) is 28.1. The van der Waals surface area contributed by atoms with E-state index in [9.17, 15) is 18.0 Å². The van der Waals surface area contributed by atoms with Crippen LogP contribution in [0.3, 0.4) is 0 Å². The fourth-order valence-electron chi connectivity index (χ4n) is 3.86. The minimum atomic E-state index is -3.81. The molecule has 1 N–H and O–H groups in total. The van der Waals surface area contributed by atoms with Gasteiger partial charge in [-0.1, -0.05) is 76.0 Å². The maximum absolute atomic E-state index is 13.7. The average Bonchev–Trinajstić information content (AvgIpc) is 2.81. The van der Waals surface area contributed by atoms with Crippen LogP contribution in [0.15, 0.2) is 42.5 Å². The van der Waals surface area contributed by atoms with Crippen molar-refractivity contribution in [1.29, 1.82) is 0 Å². The highest BCUT2D eigenvalue weighted by Crippen LogP contribution is 2.27. The Morgan fingerprint density at radius 1 is 1.03 bits per heavy atom. The fourth-order valence-corrected chi connectivity index (χ4v) is 5.18. The smallest absolute Gasteiger partial charge is 0.244 e. The lowest BCUT2D eigenvalue weighted by atomic mass is 9.87. The van der Waals surface area contributed by atoms with Crippen molar-refractivity contribution in [2.45, 2.75) is 65.5 Å². The molecule has 0 aliphatic heterocycles. The van der Waals surface area contributed by atoms with Crippen molar-refractivity contribution in [2.75, 3.05) is 23.7 Å². The third kappa shape index (κ3) is 8.62. The van der Waals surface area contributed by atoms with E-state index in [2.05, 4.69) is 26.1 Å². The van der Waals surface area contributed by atoms with E-state index < -0.39 is 28.5 Å². The minimum absolute atomic E-state index is 0.0213. The molecule has 0 bridgehead atoms. The topological polar surface area (TPSA) is 86.8 Å². The van der Waals surface area contributed by atoms with Crippen molar-refractivity contribution in [3.8, 4) is 0 Å². The zero-order valence-corrected chi connectivity index (χ0v) is 24.7. The number of anilines is 1. The van der Waals surface area contributed by atoms with Crippen LogP contribution in [0.25, 0.3) is 0 Å². The van der Waals surface area contributed by atoms with E-state index in [1.807, 2.05) is 19.1 Å². The van der Waals surface area contributed by atoms with Gasteiger partial charge in [-0.2, -0.15) is 0 Å². The minimum Gasteiger partial charge on any atom is -0.354 e. The van der Waals surface area contributed by atoms with Gasteiger partial charge in [-0.25, -0.2) is 8.42 Å². The van der Waals surface area contributed by atoms with Gasteiger partial charge >= 0.3 is 0 Å².